The van der Waals surface area contributed by atoms with E-state index in [0.717, 1.165) is 33.5 Å². The first-order valence-corrected chi connectivity index (χ1v) is 14.4. The van der Waals surface area contributed by atoms with Crippen molar-refractivity contribution in [1.29, 1.82) is 0 Å². The Kier molecular flexibility index (Phi) is 7.84. The van der Waals surface area contributed by atoms with Gasteiger partial charge in [0.25, 0.3) is 0 Å². The van der Waals surface area contributed by atoms with Gasteiger partial charge in [-0.15, -0.1) is 0 Å². The van der Waals surface area contributed by atoms with Crippen LogP contribution < -0.4 is 0 Å². The van der Waals surface area contributed by atoms with Crippen molar-refractivity contribution in [3.05, 3.63) is 157 Å². The third-order valence-corrected chi connectivity index (χ3v) is 7.70. The Balaban J connectivity index is 1.31. The zero-order valence-electron chi connectivity index (χ0n) is 24.4. The molecule has 0 amide bonds. The molecule has 0 aliphatic rings. The molecule has 1 aromatic heterocycles. The molecule has 6 rings (SSSR count). The molecule has 0 saturated heterocycles. The number of nitrogens with zero attached hydrogens (tertiary/aromatic N) is 4. The molecule has 0 atom stereocenters. The number of benzene rings is 5. The first-order valence-electron chi connectivity index (χ1n) is 14.4. The van der Waals surface area contributed by atoms with E-state index in [4.69, 9.17) is 15.0 Å². The summed E-state index contributed by atoms with van der Waals surface area (Å²) in [6.07, 6.45) is 3.42. The zero-order chi connectivity index (χ0) is 29.6. The second-order valence-corrected chi connectivity index (χ2v) is 10.8. The lowest BCUT2D eigenvalue weighted by molar-refractivity contribution is 0.641. The molecule has 0 aliphatic heterocycles. The molecule has 1 heterocycles. The molecule has 6 aromatic rings. The van der Waals surface area contributed by atoms with E-state index in [2.05, 4.69) is 80.0 Å². The van der Waals surface area contributed by atoms with E-state index >= 15 is 0 Å². The molecular weight excluding hydrogens is 524 g/mol. The van der Waals surface area contributed by atoms with Gasteiger partial charge in [-0.05, 0) is 22.8 Å². The van der Waals surface area contributed by atoms with Gasteiger partial charge >= 0.3 is 0 Å². The number of para-hydroxylation sites is 1. The summed E-state index contributed by atoms with van der Waals surface area (Å²) in [6.45, 7) is 8.25. The summed E-state index contributed by atoms with van der Waals surface area (Å²) >= 11 is 0. The maximum Gasteiger partial charge on any atom is 0.164 e. The van der Waals surface area contributed by atoms with Crippen LogP contribution in [0.25, 0.3) is 45.3 Å². The van der Waals surface area contributed by atoms with Gasteiger partial charge < -0.3 is 0 Å². The Labute approximate surface area is 253 Å². The van der Waals surface area contributed by atoms with Crippen molar-refractivity contribution in [2.75, 3.05) is 0 Å². The van der Waals surface area contributed by atoms with Crippen molar-refractivity contribution in [3.63, 3.8) is 0 Å². The molecule has 0 radical (unpaired) electrons. The van der Waals surface area contributed by atoms with Gasteiger partial charge in [0.1, 0.15) is 0 Å². The minimum absolute atomic E-state index is 0.207. The van der Waals surface area contributed by atoms with E-state index in [1.54, 1.807) is 12.3 Å². The highest BCUT2D eigenvalue weighted by Crippen LogP contribution is 2.36. The van der Waals surface area contributed by atoms with Crippen LogP contribution >= 0.6 is 0 Å². The van der Waals surface area contributed by atoms with Crippen LogP contribution in [-0.4, -0.2) is 21.2 Å². The Bertz CT molecular complexity index is 1820. The highest BCUT2D eigenvalue weighted by atomic mass is 15.0. The van der Waals surface area contributed by atoms with Gasteiger partial charge in [0.15, 0.2) is 17.5 Å². The third-order valence-electron chi connectivity index (χ3n) is 7.70. The van der Waals surface area contributed by atoms with Crippen molar-refractivity contribution >= 4 is 11.9 Å². The van der Waals surface area contributed by atoms with Gasteiger partial charge in [-0.2, -0.15) is 0 Å². The molecule has 0 unspecified atom stereocenters. The molecule has 0 saturated carbocycles. The number of allylic oxidation sites excluding steroid dienone is 1. The Morgan fingerprint density at radius 2 is 0.930 bits per heavy atom. The molecule has 4 heteroatoms. The van der Waals surface area contributed by atoms with Crippen LogP contribution in [0.2, 0.25) is 0 Å². The van der Waals surface area contributed by atoms with Crippen molar-refractivity contribution in [2.24, 2.45) is 4.99 Å². The molecule has 0 N–H and O–H groups in total. The van der Waals surface area contributed by atoms with Crippen molar-refractivity contribution < 1.29 is 0 Å². The quantitative estimate of drug-likeness (QED) is 0.175. The standard InChI is InChI=1S/C39H32N4/c1-4-27-40-35-18-12-11-17-34(35)28-19-23-32(24-20-28)39(2,3)33-25-21-31(22-26-33)38-42-36(29-13-7-5-8-14-29)41-37(43-38)30-15-9-6-10-16-30/h4-27H,1H2,2-3H3. The lowest BCUT2D eigenvalue weighted by atomic mass is 9.77. The number of hydrogen-bond donors (Lipinski definition) is 0. The number of aliphatic imine (C=N–C) groups is 1. The van der Waals surface area contributed by atoms with Crippen molar-refractivity contribution in [2.45, 2.75) is 19.3 Å². The van der Waals surface area contributed by atoms with Crippen LogP contribution in [0.4, 0.5) is 5.69 Å². The van der Waals surface area contributed by atoms with Crippen LogP contribution in [-0.2, 0) is 5.41 Å². The first kappa shape index (κ1) is 27.7. The third kappa shape index (κ3) is 5.95. The summed E-state index contributed by atoms with van der Waals surface area (Å²) in [4.78, 5) is 19.1. The smallest absolute Gasteiger partial charge is 0.164 e. The Hall–Kier alpha value is -5.48. The van der Waals surface area contributed by atoms with Crippen molar-refractivity contribution in [1.82, 2.24) is 15.0 Å². The molecule has 0 bridgehead atoms. The summed E-state index contributed by atoms with van der Waals surface area (Å²) in [5.74, 6) is 1.97. The summed E-state index contributed by atoms with van der Waals surface area (Å²) in [6, 6.07) is 45.6. The summed E-state index contributed by atoms with van der Waals surface area (Å²) in [5, 5.41) is 0. The van der Waals surface area contributed by atoms with Crippen LogP contribution in [0.3, 0.4) is 0 Å². The van der Waals surface area contributed by atoms with E-state index in [0.29, 0.717) is 17.5 Å². The fourth-order valence-corrected chi connectivity index (χ4v) is 5.17. The fourth-order valence-electron chi connectivity index (χ4n) is 5.17. The maximum atomic E-state index is 4.88. The SMILES string of the molecule is C=CC=Nc1ccccc1-c1ccc(C(C)(C)c2ccc(-c3nc(-c4ccccc4)nc(-c4ccccc4)n3)cc2)cc1. The molecule has 4 nitrogen and oxygen atoms in total. The average molecular weight is 557 g/mol. The number of aromatic nitrogens is 3. The summed E-state index contributed by atoms with van der Waals surface area (Å²) in [5.41, 5.74) is 8.24. The van der Waals surface area contributed by atoms with Crippen LogP contribution in [0.15, 0.2) is 151 Å². The van der Waals surface area contributed by atoms with Gasteiger partial charge in [0.2, 0.25) is 0 Å². The predicted octanol–water partition coefficient (Wildman–Crippen LogP) is 9.75. The minimum Gasteiger partial charge on any atom is -0.256 e. The monoisotopic (exact) mass is 556 g/mol. The predicted molar refractivity (Wildman–Crippen MR) is 178 cm³/mol. The number of hydrogen-bond acceptors (Lipinski definition) is 4. The van der Waals surface area contributed by atoms with Crippen LogP contribution in [0, 0.1) is 0 Å². The van der Waals surface area contributed by atoms with Gasteiger partial charge in [-0.3, -0.25) is 4.99 Å². The normalized spacial score (nSPS) is 11.5. The largest absolute Gasteiger partial charge is 0.256 e. The van der Waals surface area contributed by atoms with Gasteiger partial charge in [-0.25, -0.2) is 15.0 Å². The first-order chi connectivity index (χ1) is 21.0. The van der Waals surface area contributed by atoms with E-state index in [1.807, 2.05) is 78.9 Å². The van der Waals surface area contributed by atoms with Gasteiger partial charge in [0.05, 0.1) is 5.69 Å². The Morgan fingerprint density at radius 3 is 1.42 bits per heavy atom. The second kappa shape index (κ2) is 12.2. The zero-order valence-corrected chi connectivity index (χ0v) is 24.4. The Morgan fingerprint density at radius 1 is 0.512 bits per heavy atom. The lowest BCUT2D eigenvalue weighted by Crippen LogP contribution is -2.18. The number of rotatable bonds is 8. The average Bonchev–Trinajstić information content (AvgIpc) is 3.08. The van der Waals surface area contributed by atoms with Gasteiger partial charge in [-0.1, -0.05) is 154 Å². The van der Waals surface area contributed by atoms with Crippen LogP contribution in [0.1, 0.15) is 25.0 Å². The maximum absolute atomic E-state index is 4.88. The molecule has 5 aromatic carbocycles. The topological polar surface area (TPSA) is 51.0 Å². The second-order valence-electron chi connectivity index (χ2n) is 10.8. The van der Waals surface area contributed by atoms with E-state index in [1.165, 1.54) is 11.1 Å². The molecule has 0 fully saturated rings. The fraction of sp³-hybridized carbons (Fsp3) is 0.0769. The molecule has 43 heavy (non-hydrogen) atoms. The lowest BCUT2D eigenvalue weighted by Gasteiger charge is -2.26. The van der Waals surface area contributed by atoms with Crippen molar-refractivity contribution in [3.8, 4) is 45.3 Å². The summed E-state index contributed by atoms with van der Waals surface area (Å²) in [7, 11) is 0. The molecule has 208 valence electrons. The molecule has 0 aliphatic carbocycles. The molecule has 0 spiro atoms. The van der Waals surface area contributed by atoms with Gasteiger partial charge in [0, 0.05) is 33.9 Å². The van der Waals surface area contributed by atoms with E-state index in [-0.39, 0.29) is 5.41 Å². The van der Waals surface area contributed by atoms with E-state index < -0.39 is 0 Å². The highest BCUT2D eigenvalue weighted by molar-refractivity contribution is 5.81. The highest BCUT2D eigenvalue weighted by Gasteiger charge is 2.23. The summed E-state index contributed by atoms with van der Waals surface area (Å²) < 4.78 is 0. The van der Waals surface area contributed by atoms with Crippen LogP contribution in [0.5, 0.6) is 0 Å². The van der Waals surface area contributed by atoms with E-state index in [9.17, 15) is 0 Å². The minimum atomic E-state index is -0.207. The molecular formula is C39H32N4.